The molecule has 0 saturated heterocycles. The molecule has 0 aromatic carbocycles. The van der Waals surface area contributed by atoms with Crippen molar-refractivity contribution >= 4 is 27.7 Å². The second-order valence-corrected chi connectivity index (χ2v) is 6.13. The molecule has 0 aromatic heterocycles. The van der Waals surface area contributed by atoms with Crippen LogP contribution in [0.4, 0.5) is 0 Å². The van der Waals surface area contributed by atoms with Gasteiger partial charge in [0.05, 0.1) is 12.3 Å². The molecule has 8 nitrogen and oxygen atoms in total. The number of nitrogens with zero attached hydrogens (tertiary/aromatic N) is 2. The normalized spacial score (nSPS) is 18.4. The van der Waals surface area contributed by atoms with Crippen molar-refractivity contribution in [2.45, 2.75) is 0 Å². The molecule has 9 heteroatoms. The standard InChI is InChI=1S/C13H13N3O5S/c1-2-5-14-11(17)9-21-13(18)10-4-3-6-16-7-8-22(19,20)15-12(10)16/h1,3-4,6H,5,7-9H2,(H,14,17). The third-order valence-corrected chi connectivity index (χ3v) is 3.95. The molecule has 0 fully saturated rings. The van der Waals surface area contributed by atoms with Crippen LogP contribution in [0.25, 0.3) is 0 Å². The zero-order chi connectivity index (χ0) is 16.2. The molecule has 2 rings (SSSR count). The zero-order valence-electron chi connectivity index (χ0n) is 11.5. The van der Waals surface area contributed by atoms with Crippen LogP contribution in [0.3, 0.4) is 0 Å². The first kappa shape index (κ1) is 15.8. The molecule has 0 radical (unpaired) electrons. The Kier molecular flexibility index (Phi) is 4.62. The van der Waals surface area contributed by atoms with Crippen molar-refractivity contribution in [2.75, 3.05) is 25.4 Å². The molecule has 2 heterocycles. The van der Waals surface area contributed by atoms with Crippen LogP contribution in [0, 0.1) is 12.3 Å². The molecule has 1 amide bonds. The number of terminal acetylenes is 1. The highest BCUT2D eigenvalue weighted by Crippen LogP contribution is 2.18. The van der Waals surface area contributed by atoms with Gasteiger partial charge in [-0.05, 0) is 12.2 Å². The predicted molar refractivity (Wildman–Crippen MR) is 78.0 cm³/mol. The largest absolute Gasteiger partial charge is 0.452 e. The smallest absolute Gasteiger partial charge is 0.342 e. The fourth-order valence-corrected chi connectivity index (χ4v) is 2.77. The van der Waals surface area contributed by atoms with E-state index in [-0.39, 0.29) is 30.3 Å². The van der Waals surface area contributed by atoms with Gasteiger partial charge >= 0.3 is 5.97 Å². The van der Waals surface area contributed by atoms with Crippen LogP contribution in [0.15, 0.2) is 28.3 Å². The Morgan fingerprint density at radius 3 is 3.00 bits per heavy atom. The summed E-state index contributed by atoms with van der Waals surface area (Å²) >= 11 is 0. The van der Waals surface area contributed by atoms with Gasteiger partial charge in [0.15, 0.2) is 12.4 Å². The first-order chi connectivity index (χ1) is 10.4. The van der Waals surface area contributed by atoms with Crippen molar-refractivity contribution < 1.29 is 22.7 Å². The molecule has 0 bridgehead atoms. The van der Waals surface area contributed by atoms with Gasteiger partial charge in [0.25, 0.3) is 15.9 Å². The van der Waals surface area contributed by atoms with E-state index in [4.69, 9.17) is 11.2 Å². The molecule has 0 spiro atoms. The lowest BCUT2D eigenvalue weighted by Gasteiger charge is -2.28. The van der Waals surface area contributed by atoms with Crippen LogP contribution in [0.5, 0.6) is 0 Å². The van der Waals surface area contributed by atoms with Gasteiger partial charge in [-0.2, -0.15) is 0 Å². The average Bonchev–Trinajstić information content (AvgIpc) is 2.49. The Morgan fingerprint density at radius 1 is 1.50 bits per heavy atom. The topological polar surface area (TPSA) is 105 Å². The monoisotopic (exact) mass is 323 g/mol. The zero-order valence-corrected chi connectivity index (χ0v) is 12.3. The van der Waals surface area contributed by atoms with E-state index in [2.05, 4.69) is 15.6 Å². The third-order valence-electron chi connectivity index (χ3n) is 2.80. The maximum absolute atomic E-state index is 12.0. The molecule has 1 N–H and O–H groups in total. The highest BCUT2D eigenvalue weighted by molar-refractivity contribution is 7.90. The highest BCUT2D eigenvalue weighted by Gasteiger charge is 2.30. The molecular formula is C13H13N3O5S. The second-order valence-electron chi connectivity index (χ2n) is 4.37. The molecule has 0 atom stereocenters. The number of amides is 1. The summed E-state index contributed by atoms with van der Waals surface area (Å²) in [6.07, 6.45) is 9.56. The van der Waals surface area contributed by atoms with Gasteiger partial charge in [-0.25, -0.2) is 13.2 Å². The van der Waals surface area contributed by atoms with Crippen LogP contribution >= 0.6 is 0 Å². The van der Waals surface area contributed by atoms with Gasteiger partial charge < -0.3 is 15.0 Å². The number of hydrogen-bond donors (Lipinski definition) is 1. The van der Waals surface area contributed by atoms with Crippen LogP contribution in [0.1, 0.15) is 0 Å². The van der Waals surface area contributed by atoms with Gasteiger partial charge in [0, 0.05) is 12.7 Å². The van der Waals surface area contributed by atoms with Crippen LogP contribution in [0.2, 0.25) is 0 Å². The van der Waals surface area contributed by atoms with E-state index in [0.29, 0.717) is 0 Å². The number of carbonyl (C=O) groups is 2. The number of fused-ring (bicyclic) bond motifs is 1. The van der Waals surface area contributed by atoms with Crippen LogP contribution < -0.4 is 5.32 Å². The minimum Gasteiger partial charge on any atom is -0.452 e. The number of hydrogen-bond acceptors (Lipinski definition) is 6. The number of ether oxygens (including phenoxy) is 1. The Balaban J connectivity index is 2.07. The molecule has 22 heavy (non-hydrogen) atoms. The number of rotatable bonds is 4. The number of carbonyl (C=O) groups excluding carboxylic acids is 2. The Bertz CT molecular complexity index is 727. The summed E-state index contributed by atoms with van der Waals surface area (Å²) in [4.78, 5) is 24.9. The first-order valence-electron chi connectivity index (χ1n) is 6.28. The van der Waals surface area contributed by atoms with E-state index in [1.807, 2.05) is 0 Å². The third kappa shape index (κ3) is 3.73. The van der Waals surface area contributed by atoms with Gasteiger partial charge in [-0.15, -0.1) is 10.8 Å². The van der Waals surface area contributed by atoms with Gasteiger partial charge in [0.1, 0.15) is 5.57 Å². The second kappa shape index (κ2) is 6.44. The van der Waals surface area contributed by atoms with E-state index >= 15 is 0 Å². The number of esters is 1. The summed E-state index contributed by atoms with van der Waals surface area (Å²) in [6.45, 7) is -0.285. The van der Waals surface area contributed by atoms with E-state index in [0.717, 1.165) is 0 Å². The lowest BCUT2D eigenvalue weighted by molar-refractivity contribution is -0.144. The summed E-state index contributed by atoms with van der Waals surface area (Å²) in [5.41, 5.74) is -0.0180. The quantitative estimate of drug-likeness (QED) is 0.513. The maximum Gasteiger partial charge on any atom is 0.342 e. The lowest BCUT2D eigenvalue weighted by atomic mass is 10.1. The molecule has 2 aliphatic heterocycles. The highest BCUT2D eigenvalue weighted by atomic mass is 32.2. The van der Waals surface area contributed by atoms with Crippen LogP contribution in [-0.2, 0) is 24.3 Å². The van der Waals surface area contributed by atoms with E-state index in [1.165, 1.54) is 11.0 Å². The number of allylic oxidation sites excluding steroid dienone is 2. The van der Waals surface area contributed by atoms with Gasteiger partial charge in [-0.1, -0.05) is 5.92 Å². The lowest BCUT2D eigenvalue weighted by Crippen LogP contribution is -2.40. The average molecular weight is 323 g/mol. The summed E-state index contributed by atoms with van der Waals surface area (Å²) in [5, 5.41) is 2.34. The van der Waals surface area contributed by atoms with Crippen molar-refractivity contribution in [1.29, 1.82) is 0 Å². The van der Waals surface area contributed by atoms with Gasteiger partial charge in [-0.3, -0.25) is 4.79 Å². The van der Waals surface area contributed by atoms with Gasteiger partial charge in [0.2, 0.25) is 0 Å². The molecule has 116 valence electrons. The molecular weight excluding hydrogens is 310 g/mol. The minimum atomic E-state index is -3.60. The van der Waals surface area contributed by atoms with E-state index in [9.17, 15) is 18.0 Å². The van der Waals surface area contributed by atoms with Crippen LogP contribution in [-0.4, -0.2) is 56.5 Å². The molecule has 2 aliphatic rings. The summed E-state index contributed by atoms with van der Waals surface area (Å²) in [5.74, 6) is 0.705. The minimum absolute atomic E-state index is 0.00258. The summed E-state index contributed by atoms with van der Waals surface area (Å²) in [7, 11) is -3.60. The van der Waals surface area contributed by atoms with Crippen molar-refractivity contribution in [3.63, 3.8) is 0 Å². The Hall–Kier alpha value is -2.60. The summed E-state index contributed by atoms with van der Waals surface area (Å²) in [6, 6.07) is 0. The molecule has 0 aromatic rings. The number of amidine groups is 1. The first-order valence-corrected chi connectivity index (χ1v) is 7.89. The van der Waals surface area contributed by atoms with Crippen molar-refractivity contribution in [1.82, 2.24) is 10.2 Å². The van der Waals surface area contributed by atoms with Crippen molar-refractivity contribution in [2.24, 2.45) is 4.40 Å². The fraction of sp³-hybridized carbons (Fsp3) is 0.308. The summed E-state index contributed by atoms with van der Waals surface area (Å²) < 4.78 is 31.5. The molecule has 0 aliphatic carbocycles. The predicted octanol–water partition coefficient (Wildman–Crippen LogP) is -1.22. The number of sulfonamides is 1. The maximum atomic E-state index is 12.0. The van der Waals surface area contributed by atoms with Crippen molar-refractivity contribution in [3.05, 3.63) is 23.9 Å². The van der Waals surface area contributed by atoms with E-state index < -0.39 is 28.5 Å². The molecule has 0 saturated carbocycles. The Morgan fingerprint density at radius 2 is 2.27 bits per heavy atom. The Labute approximate surface area is 127 Å². The SMILES string of the molecule is C#CCNC(=O)COC(=O)C1=CC=CN2CCS(=O)(=O)N=C12. The number of nitrogens with one attached hydrogen (secondary N) is 1. The molecule has 0 unspecified atom stereocenters. The van der Waals surface area contributed by atoms with E-state index in [1.54, 1.807) is 12.3 Å². The fourth-order valence-electron chi connectivity index (χ4n) is 1.78. The van der Waals surface area contributed by atoms with Crippen molar-refractivity contribution in [3.8, 4) is 12.3 Å².